The van der Waals surface area contributed by atoms with Gasteiger partial charge in [-0.25, -0.2) is 4.39 Å². The standard InChI is InChI=1S/C11H13ClFN/c1-2-3-4-7-14-9-5-6-10(12)11(13)8-9/h2,5-6,8,14H,1,3-4,7H2. The molecule has 0 saturated heterocycles. The van der Waals surface area contributed by atoms with Crippen LogP contribution in [0.15, 0.2) is 30.9 Å². The molecule has 0 heterocycles. The summed E-state index contributed by atoms with van der Waals surface area (Å²) in [4.78, 5) is 0. The number of halogens is 2. The SMILES string of the molecule is C=CCCCNc1ccc(Cl)c(F)c1. The van der Waals surface area contributed by atoms with Crippen LogP contribution in [0, 0.1) is 5.82 Å². The molecule has 0 amide bonds. The highest BCUT2D eigenvalue weighted by atomic mass is 35.5. The molecule has 0 aliphatic rings. The molecule has 1 N–H and O–H groups in total. The number of hydrogen-bond donors (Lipinski definition) is 1. The highest BCUT2D eigenvalue weighted by Gasteiger charge is 1.99. The Labute approximate surface area is 88.6 Å². The Morgan fingerprint density at radius 2 is 2.29 bits per heavy atom. The molecule has 3 heteroatoms. The Balaban J connectivity index is 2.43. The molecule has 14 heavy (non-hydrogen) atoms. The predicted molar refractivity (Wildman–Crippen MR) is 59.3 cm³/mol. The minimum atomic E-state index is -0.389. The molecule has 0 unspecified atom stereocenters. The summed E-state index contributed by atoms with van der Waals surface area (Å²) in [5, 5.41) is 3.26. The second-order valence-corrected chi connectivity index (χ2v) is 3.39. The van der Waals surface area contributed by atoms with Crippen LogP contribution >= 0.6 is 11.6 Å². The van der Waals surface area contributed by atoms with Gasteiger partial charge in [-0.05, 0) is 31.0 Å². The van der Waals surface area contributed by atoms with E-state index in [1.54, 1.807) is 12.1 Å². The minimum absolute atomic E-state index is 0.154. The van der Waals surface area contributed by atoms with Gasteiger partial charge in [-0.1, -0.05) is 17.7 Å². The quantitative estimate of drug-likeness (QED) is 0.579. The average Bonchev–Trinajstić information content (AvgIpc) is 2.18. The average molecular weight is 214 g/mol. The summed E-state index contributed by atoms with van der Waals surface area (Å²) >= 11 is 5.55. The fourth-order valence-electron chi connectivity index (χ4n) is 1.09. The molecule has 0 fully saturated rings. The van der Waals surface area contributed by atoms with Crippen molar-refractivity contribution in [3.05, 3.63) is 41.7 Å². The number of benzene rings is 1. The van der Waals surface area contributed by atoms with Gasteiger partial charge in [0.1, 0.15) is 5.82 Å². The first-order valence-electron chi connectivity index (χ1n) is 4.54. The zero-order chi connectivity index (χ0) is 10.4. The highest BCUT2D eigenvalue weighted by Crippen LogP contribution is 2.18. The summed E-state index contributed by atoms with van der Waals surface area (Å²) in [5.74, 6) is -0.389. The molecule has 0 bridgehead atoms. The highest BCUT2D eigenvalue weighted by molar-refractivity contribution is 6.30. The van der Waals surface area contributed by atoms with E-state index < -0.39 is 0 Å². The van der Waals surface area contributed by atoms with Crippen molar-refractivity contribution < 1.29 is 4.39 Å². The molecular weight excluding hydrogens is 201 g/mol. The van der Waals surface area contributed by atoms with Crippen molar-refractivity contribution in [3.63, 3.8) is 0 Å². The number of rotatable bonds is 5. The fraction of sp³-hybridized carbons (Fsp3) is 0.273. The maximum Gasteiger partial charge on any atom is 0.143 e. The minimum Gasteiger partial charge on any atom is -0.385 e. The Kier molecular flexibility index (Phi) is 4.47. The third-order valence-electron chi connectivity index (χ3n) is 1.83. The van der Waals surface area contributed by atoms with Gasteiger partial charge in [0.25, 0.3) is 0 Å². The van der Waals surface area contributed by atoms with Gasteiger partial charge in [0, 0.05) is 12.2 Å². The Morgan fingerprint density at radius 3 is 2.93 bits per heavy atom. The van der Waals surface area contributed by atoms with Crippen molar-refractivity contribution >= 4 is 17.3 Å². The molecule has 1 nitrogen and oxygen atoms in total. The third kappa shape index (κ3) is 3.38. The first-order chi connectivity index (χ1) is 6.74. The van der Waals surface area contributed by atoms with E-state index in [1.165, 1.54) is 6.07 Å². The first kappa shape index (κ1) is 11.1. The maximum absolute atomic E-state index is 13.0. The molecule has 1 rings (SSSR count). The van der Waals surface area contributed by atoms with Gasteiger partial charge >= 0.3 is 0 Å². The summed E-state index contributed by atoms with van der Waals surface area (Å²) in [6, 6.07) is 4.71. The van der Waals surface area contributed by atoms with Crippen molar-refractivity contribution in [3.8, 4) is 0 Å². The van der Waals surface area contributed by atoms with E-state index >= 15 is 0 Å². The lowest BCUT2D eigenvalue weighted by atomic mass is 10.2. The van der Waals surface area contributed by atoms with Gasteiger partial charge in [0.05, 0.1) is 5.02 Å². The molecule has 0 saturated carbocycles. The second-order valence-electron chi connectivity index (χ2n) is 2.99. The van der Waals surface area contributed by atoms with Crippen LogP contribution in [0.25, 0.3) is 0 Å². The van der Waals surface area contributed by atoms with Crippen LogP contribution < -0.4 is 5.32 Å². The lowest BCUT2D eigenvalue weighted by molar-refractivity contribution is 0.628. The molecule has 0 spiro atoms. The van der Waals surface area contributed by atoms with Crippen molar-refractivity contribution in [1.82, 2.24) is 0 Å². The van der Waals surface area contributed by atoms with Crippen LogP contribution in [0.2, 0.25) is 5.02 Å². The smallest absolute Gasteiger partial charge is 0.143 e. The van der Waals surface area contributed by atoms with Gasteiger partial charge in [0.15, 0.2) is 0 Å². The van der Waals surface area contributed by atoms with E-state index in [2.05, 4.69) is 11.9 Å². The van der Waals surface area contributed by atoms with Crippen molar-refractivity contribution in [1.29, 1.82) is 0 Å². The van der Waals surface area contributed by atoms with Crippen LogP contribution in [0.5, 0.6) is 0 Å². The zero-order valence-electron chi connectivity index (χ0n) is 7.89. The predicted octanol–water partition coefficient (Wildman–Crippen LogP) is 3.86. The molecule has 1 aromatic rings. The summed E-state index contributed by atoms with van der Waals surface area (Å²) in [6.07, 6.45) is 3.82. The maximum atomic E-state index is 13.0. The van der Waals surface area contributed by atoms with Gasteiger partial charge < -0.3 is 5.32 Å². The van der Waals surface area contributed by atoms with Gasteiger partial charge in [-0.3, -0.25) is 0 Å². The molecule has 0 aliphatic heterocycles. The molecule has 76 valence electrons. The Hall–Kier alpha value is -1.02. The number of anilines is 1. The van der Waals surface area contributed by atoms with E-state index in [4.69, 9.17) is 11.6 Å². The van der Waals surface area contributed by atoms with Gasteiger partial charge in [-0.2, -0.15) is 0 Å². The monoisotopic (exact) mass is 213 g/mol. The van der Waals surface area contributed by atoms with Crippen LogP contribution in [-0.4, -0.2) is 6.54 Å². The van der Waals surface area contributed by atoms with Gasteiger partial charge in [-0.15, -0.1) is 6.58 Å². The van der Waals surface area contributed by atoms with Gasteiger partial charge in [0.2, 0.25) is 0 Å². The number of unbranched alkanes of at least 4 members (excludes halogenated alkanes) is 1. The molecule has 0 radical (unpaired) electrons. The second kappa shape index (κ2) is 5.66. The topological polar surface area (TPSA) is 12.0 Å². The first-order valence-corrected chi connectivity index (χ1v) is 4.91. The normalized spacial score (nSPS) is 9.86. The Morgan fingerprint density at radius 1 is 1.50 bits per heavy atom. The third-order valence-corrected chi connectivity index (χ3v) is 2.14. The number of hydrogen-bond acceptors (Lipinski definition) is 1. The molecular formula is C11H13ClFN. The molecule has 0 aliphatic carbocycles. The van der Waals surface area contributed by atoms with Crippen LogP contribution in [0.1, 0.15) is 12.8 Å². The molecule has 1 aromatic carbocycles. The van der Waals surface area contributed by atoms with E-state index in [-0.39, 0.29) is 10.8 Å². The number of allylic oxidation sites excluding steroid dienone is 1. The summed E-state index contributed by atoms with van der Waals surface area (Å²) in [6.45, 7) is 4.44. The van der Waals surface area contributed by atoms with E-state index in [9.17, 15) is 4.39 Å². The zero-order valence-corrected chi connectivity index (χ0v) is 8.65. The van der Waals surface area contributed by atoms with E-state index in [1.807, 2.05) is 6.08 Å². The van der Waals surface area contributed by atoms with Crippen molar-refractivity contribution in [2.45, 2.75) is 12.8 Å². The summed E-state index contributed by atoms with van der Waals surface area (Å²) < 4.78 is 13.0. The van der Waals surface area contributed by atoms with Crippen molar-refractivity contribution in [2.75, 3.05) is 11.9 Å². The van der Waals surface area contributed by atoms with Crippen LogP contribution in [0.3, 0.4) is 0 Å². The van der Waals surface area contributed by atoms with E-state index in [0.29, 0.717) is 0 Å². The van der Waals surface area contributed by atoms with E-state index in [0.717, 1.165) is 25.1 Å². The molecule has 0 atom stereocenters. The lowest BCUT2D eigenvalue weighted by Gasteiger charge is -2.05. The summed E-state index contributed by atoms with van der Waals surface area (Å²) in [7, 11) is 0. The van der Waals surface area contributed by atoms with Crippen LogP contribution in [0.4, 0.5) is 10.1 Å². The lowest BCUT2D eigenvalue weighted by Crippen LogP contribution is -2.00. The van der Waals surface area contributed by atoms with Crippen molar-refractivity contribution in [2.24, 2.45) is 0 Å². The van der Waals surface area contributed by atoms with Crippen LogP contribution in [-0.2, 0) is 0 Å². The molecule has 0 aromatic heterocycles. The number of nitrogens with one attached hydrogen (secondary N) is 1. The Bertz CT molecular complexity index is 312. The summed E-state index contributed by atoms with van der Waals surface area (Å²) in [5.41, 5.74) is 0.760. The largest absolute Gasteiger partial charge is 0.385 e. The fourth-order valence-corrected chi connectivity index (χ4v) is 1.20.